The van der Waals surface area contributed by atoms with Crippen molar-refractivity contribution in [3.05, 3.63) is 24.3 Å². The van der Waals surface area contributed by atoms with Gasteiger partial charge in [0.1, 0.15) is 0 Å². The second kappa shape index (κ2) is 10.5. The molecule has 3 rings (SSSR count). The van der Waals surface area contributed by atoms with E-state index in [0.717, 1.165) is 32.1 Å². The number of hydrogen-bond donors (Lipinski definition) is 3. The third kappa shape index (κ3) is 6.66. The van der Waals surface area contributed by atoms with E-state index in [4.69, 9.17) is 0 Å². The Labute approximate surface area is 191 Å². The van der Waals surface area contributed by atoms with Gasteiger partial charge in [0.05, 0.1) is 10.1 Å². The minimum Gasteiger partial charge on any atom is -0.324 e. The summed E-state index contributed by atoms with van der Waals surface area (Å²) in [7, 11) is -7.00. The maximum absolute atomic E-state index is 12.7. The third-order valence-electron chi connectivity index (χ3n) is 6.06. The van der Waals surface area contributed by atoms with Crippen molar-refractivity contribution in [2.75, 3.05) is 18.4 Å². The van der Waals surface area contributed by atoms with Gasteiger partial charge in [-0.15, -0.1) is 0 Å². The number of carbonyl (C=O) groups excluding carboxylic acids is 1. The average molecular weight is 487 g/mol. The molecule has 0 radical (unpaired) electrons. The highest BCUT2D eigenvalue weighted by Gasteiger charge is 2.27. The summed E-state index contributed by atoms with van der Waals surface area (Å²) in [6.07, 6.45) is 5.94. The lowest BCUT2D eigenvalue weighted by molar-refractivity contribution is 0.193. The molecule has 180 valence electrons. The van der Waals surface area contributed by atoms with Crippen molar-refractivity contribution in [3.63, 3.8) is 0 Å². The molecule has 0 bridgehead atoms. The van der Waals surface area contributed by atoms with Crippen molar-refractivity contribution in [1.82, 2.24) is 14.3 Å². The molecule has 32 heavy (non-hydrogen) atoms. The summed E-state index contributed by atoms with van der Waals surface area (Å²) in [5.74, 6) is 0. The van der Waals surface area contributed by atoms with Crippen LogP contribution in [0.25, 0.3) is 0 Å². The molecule has 1 saturated carbocycles. The highest BCUT2D eigenvalue weighted by atomic mass is 32.2. The van der Waals surface area contributed by atoms with Crippen LogP contribution in [-0.4, -0.2) is 58.2 Å². The van der Waals surface area contributed by atoms with Crippen LogP contribution in [0.2, 0.25) is 0 Å². The zero-order valence-electron chi connectivity index (χ0n) is 18.7. The maximum Gasteiger partial charge on any atom is 0.321 e. The first-order valence-electron chi connectivity index (χ1n) is 11.3. The minimum atomic E-state index is -3.65. The second-order valence-corrected chi connectivity index (χ2v) is 12.9. The SMILES string of the molecule is CC(C)S(=O)(=O)NC1CCN(C(=O)Nc2cccc(S(=O)(=O)NC3CCCCC3)c2)CC1. The predicted molar refractivity (Wildman–Crippen MR) is 124 cm³/mol. The molecule has 2 fully saturated rings. The fraction of sp³-hybridized carbons (Fsp3) is 0.667. The molecule has 1 aromatic carbocycles. The molecule has 1 heterocycles. The van der Waals surface area contributed by atoms with Gasteiger partial charge in [-0.05, 0) is 57.7 Å². The summed E-state index contributed by atoms with van der Waals surface area (Å²) < 4.78 is 55.0. The number of hydrogen-bond acceptors (Lipinski definition) is 5. The monoisotopic (exact) mass is 486 g/mol. The summed E-state index contributed by atoms with van der Waals surface area (Å²) in [5.41, 5.74) is 0.407. The van der Waals surface area contributed by atoms with Gasteiger partial charge in [-0.1, -0.05) is 25.3 Å². The molecule has 1 aliphatic carbocycles. The third-order valence-corrected chi connectivity index (χ3v) is 9.48. The van der Waals surface area contributed by atoms with Gasteiger partial charge in [-0.25, -0.2) is 31.1 Å². The van der Waals surface area contributed by atoms with Gasteiger partial charge < -0.3 is 10.2 Å². The number of amides is 2. The zero-order valence-corrected chi connectivity index (χ0v) is 20.3. The Hall–Kier alpha value is -1.69. The van der Waals surface area contributed by atoms with E-state index < -0.39 is 25.3 Å². The Kier molecular flexibility index (Phi) is 8.18. The Bertz CT molecular complexity index is 997. The lowest BCUT2D eigenvalue weighted by Crippen LogP contribution is -2.48. The van der Waals surface area contributed by atoms with Crippen LogP contribution >= 0.6 is 0 Å². The summed E-state index contributed by atoms with van der Waals surface area (Å²) in [6, 6.07) is 5.69. The molecule has 1 saturated heterocycles. The van der Waals surface area contributed by atoms with Gasteiger partial charge in [-0.3, -0.25) is 0 Å². The number of nitrogens with one attached hydrogen (secondary N) is 3. The molecule has 0 aromatic heterocycles. The van der Waals surface area contributed by atoms with E-state index in [1.807, 2.05) is 0 Å². The number of likely N-dealkylation sites (tertiary alicyclic amines) is 1. The number of urea groups is 1. The molecular formula is C21H34N4O5S2. The van der Waals surface area contributed by atoms with E-state index in [9.17, 15) is 21.6 Å². The molecule has 11 heteroatoms. The van der Waals surface area contributed by atoms with Crippen LogP contribution in [0.5, 0.6) is 0 Å². The number of benzene rings is 1. The first-order valence-corrected chi connectivity index (χ1v) is 14.3. The smallest absolute Gasteiger partial charge is 0.321 e. The van der Waals surface area contributed by atoms with Crippen molar-refractivity contribution in [1.29, 1.82) is 0 Å². The number of anilines is 1. The van der Waals surface area contributed by atoms with Crippen molar-refractivity contribution in [3.8, 4) is 0 Å². The van der Waals surface area contributed by atoms with E-state index in [-0.39, 0.29) is 23.0 Å². The van der Waals surface area contributed by atoms with Crippen LogP contribution in [0.4, 0.5) is 10.5 Å². The van der Waals surface area contributed by atoms with Gasteiger partial charge in [0.15, 0.2) is 0 Å². The molecule has 1 aliphatic heterocycles. The molecule has 1 aromatic rings. The van der Waals surface area contributed by atoms with Crippen LogP contribution in [0.15, 0.2) is 29.2 Å². The molecule has 0 spiro atoms. The van der Waals surface area contributed by atoms with Crippen LogP contribution < -0.4 is 14.8 Å². The predicted octanol–water partition coefficient (Wildman–Crippen LogP) is 2.62. The average Bonchev–Trinajstić information content (AvgIpc) is 2.74. The number of piperidine rings is 1. The first kappa shape index (κ1) is 24.9. The topological polar surface area (TPSA) is 125 Å². The summed E-state index contributed by atoms with van der Waals surface area (Å²) >= 11 is 0. The molecule has 2 aliphatic rings. The normalized spacial score (nSPS) is 19.3. The number of carbonyl (C=O) groups is 1. The van der Waals surface area contributed by atoms with E-state index in [1.54, 1.807) is 30.9 Å². The highest BCUT2D eigenvalue weighted by Crippen LogP contribution is 2.22. The zero-order chi connectivity index (χ0) is 23.4. The molecule has 3 N–H and O–H groups in total. The summed E-state index contributed by atoms with van der Waals surface area (Å²) in [6.45, 7) is 4.09. The Morgan fingerprint density at radius 1 is 0.938 bits per heavy atom. The van der Waals surface area contributed by atoms with E-state index in [1.165, 1.54) is 12.1 Å². The van der Waals surface area contributed by atoms with E-state index >= 15 is 0 Å². The van der Waals surface area contributed by atoms with Gasteiger partial charge in [-0.2, -0.15) is 0 Å². The lowest BCUT2D eigenvalue weighted by atomic mass is 9.96. The standard InChI is InChI=1S/C21H34N4O5S2/c1-16(2)31(27,28)23-18-11-13-25(14-12-18)21(26)22-19-9-6-10-20(15-19)32(29,30)24-17-7-4-3-5-8-17/h6,9-10,15-18,23-24H,3-5,7-8,11-14H2,1-2H3,(H,22,26). The fourth-order valence-corrected chi connectivity index (χ4v) is 6.34. The molecule has 9 nitrogen and oxygen atoms in total. The lowest BCUT2D eigenvalue weighted by Gasteiger charge is -2.32. The summed E-state index contributed by atoms with van der Waals surface area (Å²) in [5, 5.41) is 2.27. The minimum absolute atomic E-state index is 0.0404. The Morgan fingerprint density at radius 2 is 1.56 bits per heavy atom. The van der Waals surface area contributed by atoms with Crippen LogP contribution in [0.3, 0.4) is 0 Å². The van der Waals surface area contributed by atoms with Gasteiger partial charge in [0.25, 0.3) is 0 Å². The van der Waals surface area contributed by atoms with Gasteiger partial charge in [0.2, 0.25) is 20.0 Å². The van der Waals surface area contributed by atoms with E-state index in [2.05, 4.69) is 14.8 Å². The van der Waals surface area contributed by atoms with Crippen LogP contribution in [-0.2, 0) is 20.0 Å². The highest BCUT2D eigenvalue weighted by molar-refractivity contribution is 7.90. The van der Waals surface area contributed by atoms with Crippen molar-refractivity contribution in [2.45, 2.75) is 81.0 Å². The fourth-order valence-electron chi connectivity index (χ4n) is 4.02. The van der Waals surface area contributed by atoms with Crippen molar-refractivity contribution < 1.29 is 21.6 Å². The van der Waals surface area contributed by atoms with Gasteiger partial charge >= 0.3 is 6.03 Å². The second-order valence-electron chi connectivity index (χ2n) is 8.89. The first-order chi connectivity index (χ1) is 15.1. The van der Waals surface area contributed by atoms with E-state index in [0.29, 0.717) is 31.6 Å². The number of rotatable bonds is 7. The Balaban J connectivity index is 1.56. The number of nitrogens with zero attached hydrogens (tertiary/aromatic N) is 1. The quantitative estimate of drug-likeness (QED) is 0.546. The molecule has 0 unspecified atom stereocenters. The molecule has 0 atom stereocenters. The van der Waals surface area contributed by atoms with Crippen LogP contribution in [0.1, 0.15) is 58.8 Å². The molecule has 2 amide bonds. The number of sulfonamides is 2. The Morgan fingerprint density at radius 3 is 2.19 bits per heavy atom. The largest absolute Gasteiger partial charge is 0.324 e. The maximum atomic E-state index is 12.7. The summed E-state index contributed by atoms with van der Waals surface area (Å²) in [4.78, 5) is 14.4. The van der Waals surface area contributed by atoms with Crippen molar-refractivity contribution >= 4 is 31.8 Å². The van der Waals surface area contributed by atoms with Crippen molar-refractivity contribution in [2.24, 2.45) is 0 Å². The molecular weight excluding hydrogens is 452 g/mol. The van der Waals surface area contributed by atoms with Gasteiger partial charge in [0, 0.05) is 30.9 Å². The van der Waals surface area contributed by atoms with Crippen LogP contribution in [0, 0.1) is 0 Å².